The maximum atomic E-state index is 13.2. The number of hydrogen-bond donors (Lipinski definition) is 1. The molecule has 29 heavy (non-hydrogen) atoms. The number of piperidine rings is 1. The Balaban J connectivity index is 1.44. The van der Waals surface area contributed by atoms with Crippen LogP contribution in [-0.2, 0) is 14.4 Å². The number of benzene rings is 1. The topological polar surface area (TPSA) is 101 Å². The van der Waals surface area contributed by atoms with Crippen LogP contribution >= 0.6 is 0 Å². The Kier molecular flexibility index (Phi) is 4.48. The molecule has 1 spiro atoms. The van der Waals surface area contributed by atoms with E-state index in [1.807, 2.05) is 24.3 Å². The molecule has 0 aromatic heterocycles. The van der Waals surface area contributed by atoms with Crippen molar-refractivity contribution in [3.8, 4) is 5.75 Å². The summed E-state index contributed by atoms with van der Waals surface area (Å²) in [4.78, 5) is 45.8. The number of nitrogens with zero attached hydrogens (tertiary/aromatic N) is 3. The molecule has 2 saturated heterocycles. The van der Waals surface area contributed by atoms with E-state index in [2.05, 4.69) is 10.5 Å². The Hall–Kier alpha value is -3.10. The van der Waals surface area contributed by atoms with Crippen molar-refractivity contribution in [1.82, 2.24) is 15.1 Å². The fourth-order valence-corrected chi connectivity index (χ4v) is 4.20. The maximum Gasteiger partial charge on any atom is 0.324 e. The third-order valence-corrected chi connectivity index (χ3v) is 6.00. The van der Waals surface area contributed by atoms with Crippen LogP contribution in [0.25, 0.3) is 0 Å². The number of ether oxygens (including phenoxy) is 1. The lowest BCUT2D eigenvalue weighted by molar-refractivity contribution is -0.156. The van der Waals surface area contributed by atoms with Gasteiger partial charge in [-0.2, -0.15) is 0 Å². The van der Waals surface area contributed by atoms with Gasteiger partial charge in [-0.15, -0.1) is 0 Å². The fourth-order valence-electron chi connectivity index (χ4n) is 4.20. The number of nitrogens with one attached hydrogen (secondary N) is 1. The van der Waals surface area contributed by atoms with Gasteiger partial charge in [0, 0.05) is 32.1 Å². The summed E-state index contributed by atoms with van der Waals surface area (Å²) in [5, 5.41) is 6.94. The van der Waals surface area contributed by atoms with Crippen molar-refractivity contribution in [2.75, 3.05) is 27.2 Å². The number of urea groups is 1. The molecule has 1 aromatic carbocycles. The van der Waals surface area contributed by atoms with Gasteiger partial charge in [-0.25, -0.2) is 4.79 Å². The van der Waals surface area contributed by atoms with Crippen molar-refractivity contribution < 1.29 is 24.0 Å². The predicted molar refractivity (Wildman–Crippen MR) is 103 cm³/mol. The summed E-state index contributed by atoms with van der Waals surface area (Å²) in [5.41, 5.74) is -0.558. The fraction of sp³-hybridized carbons (Fsp3) is 0.500. The average Bonchev–Trinajstić information content (AvgIpc) is 3.23. The third kappa shape index (κ3) is 3.01. The molecule has 0 saturated carbocycles. The lowest BCUT2D eigenvalue weighted by atomic mass is 9.86. The Morgan fingerprint density at radius 3 is 2.55 bits per heavy atom. The van der Waals surface area contributed by atoms with Gasteiger partial charge in [0.15, 0.2) is 0 Å². The zero-order valence-corrected chi connectivity index (χ0v) is 16.7. The second kappa shape index (κ2) is 6.75. The van der Waals surface area contributed by atoms with Crippen LogP contribution in [-0.4, -0.2) is 71.7 Å². The molecule has 0 aliphatic carbocycles. The van der Waals surface area contributed by atoms with Crippen LogP contribution in [0, 0.1) is 0 Å². The number of hydrogen-bond acceptors (Lipinski definition) is 6. The van der Waals surface area contributed by atoms with Crippen molar-refractivity contribution >= 4 is 23.6 Å². The SMILES string of the molecule is COc1ccccc1C1=NO[C@](C)(C(=O)N2CCC3(CC2)NC(=O)N(C)C3=O)C1. The number of amides is 4. The summed E-state index contributed by atoms with van der Waals surface area (Å²) in [6.07, 6.45) is 1.08. The number of rotatable bonds is 3. The highest BCUT2D eigenvalue weighted by Gasteiger charge is 2.53. The van der Waals surface area contributed by atoms with E-state index in [9.17, 15) is 14.4 Å². The molecule has 3 heterocycles. The van der Waals surface area contributed by atoms with Gasteiger partial charge in [-0.05, 0) is 31.9 Å². The van der Waals surface area contributed by atoms with Gasteiger partial charge in [0.2, 0.25) is 5.60 Å². The van der Waals surface area contributed by atoms with Gasteiger partial charge < -0.3 is 19.8 Å². The molecule has 0 bridgehead atoms. The molecule has 9 heteroatoms. The molecule has 2 fully saturated rings. The Morgan fingerprint density at radius 1 is 1.24 bits per heavy atom. The van der Waals surface area contributed by atoms with E-state index in [1.165, 1.54) is 7.05 Å². The van der Waals surface area contributed by atoms with Gasteiger partial charge in [-0.1, -0.05) is 17.3 Å². The van der Waals surface area contributed by atoms with Crippen LogP contribution in [0.3, 0.4) is 0 Å². The zero-order chi connectivity index (χ0) is 20.8. The number of para-hydroxylation sites is 1. The number of oxime groups is 1. The number of imide groups is 1. The minimum Gasteiger partial charge on any atom is -0.496 e. The molecule has 0 radical (unpaired) electrons. The summed E-state index contributed by atoms with van der Waals surface area (Å²) >= 11 is 0. The standard InChI is InChI=1S/C20H24N4O5/c1-19(12-14(22-29-19)13-6-4-5-7-15(13)28-3)16(25)24-10-8-20(9-11-24)17(26)23(2)18(27)21-20/h4-7H,8-12H2,1-3H3,(H,21,27)/t19-/m0/s1. The smallest absolute Gasteiger partial charge is 0.324 e. The number of carbonyl (C=O) groups is 3. The lowest BCUT2D eigenvalue weighted by Gasteiger charge is -2.39. The Morgan fingerprint density at radius 2 is 1.93 bits per heavy atom. The van der Waals surface area contributed by atoms with Gasteiger partial charge >= 0.3 is 6.03 Å². The van der Waals surface area contributed by atoms with Crippen LogP contribution in [0.1, 0.15) is 31.7 Å². The molecular weight excluding hydrogens is 376 g/mol. The number of methoxy groups -OCH3 is 1. The van der Waals surface area contributed by atoms with Crippen LogP contribution in [0.5, 0.6) is 5.75 Å². The molecule has 1 N–H and O–H groups in total. The average molecular weight is 400 g/mol. The van der Waals surface area contributed by atoms with E-state index >= 15 is 0 Å². The molecule has 4 amide bonds. The third-order valence-electron chi connectivity index (χ3n) is 6.00. The quantitative estimate of drug-likeness (QED) is 0.767. The van der Waals surface area contributed by atoms with Crippen LogP contribution < -0.4 is 10.1 Å². The highest BCUT2D eigenvalue weighted by molar-refractivity contribution is 6.08. The summed E-state index contributed by atoms with van der Waals surface area (Å²) in [5.74, 6) is 0.261. The molecule has 1 aromatic rings. The normalized spacial score (nSPS) is 25.7. The minimum atomic E-state index is -1.11. The second-order valence-electron chi connectivity index (χ2n) is 7.91. The van der Waals surface area contributed by atoms with E-state index in [0.717, 1.165) is 10.5 Å². The molecule has 4 rings (SSSR count). The van der Waals surface area contributed by atoms with Gasteiger partial charge in [0.25, 0.3) is 11.8 Å². The van der Waals surface area contributed by atoms with E-state index in [1.54, 1.807) is 18.9 Å². The molecule has 1 atom stereocenters. The second-order valence-corrected chi connectivity index (χ2v) is 7.91. The number of likely N-dealkylation sites (N-methyl/N-ethyl adjacent to an activating group) is 1. The molecular formula is C20H24N4O5. The Bertz CT molecular complexity index is 906. The first-order valence-electron chi connectivity index (χ1n) is 9.58. The van der Waals surface area contributed by atoms with Crippen molar-refractivity contribution in [2.24, 2.45) is 5.16 Å². The molecule has 9 nitrogen and oxygen atoms in total. The summed E-state index contributed by atoms with van der Waals surface area (Å²) in [6, 6.07) is 7.07. The van der Waals surface area contributed by atoms with Crippen LogP contribution in [0.2, 0.25) is 0 Å². The first kappa shape index (κ1) is 19.2. The summed E-state index contributed by atoms with van der Waals surface area (Å²) in [7, 11) is 3.05. The summed E-state index contributed by atoms with van der Waals surface area (Å²) < 4.78 is 5.38. The molecule has 3 aliphatic heterocycles. The number of carbonyl (C=O) groups excluding carboxylic acids is 3. The van der Waals surface area contributed by atoms with E-state index < -0.39 is 17.2 Å². The largest absolute Gasteiger partial charge is 0.496 e. The van der Waals surface area contributed by atoms with Crippen molar-refractivity contribution in [3.05, 3.63) is 29.8 Å². The minimum absolute atomic E-state index is 0.175. The van der Waals surface area contributed by atoms with Crippen LogP contribution in [0.4, 0.5) is 4.79 Å². The van der Waals surface area contributed by atoms with Crippen molar-refractivity contribution in [3.63, 3.8) is 0 Å². The van der Waals surface area contributed by atoms with Crippen molar-refractivity contribution in [2.45, 2.75) is 37.3 Å². The van der Waals surface area contributed by atoms with Gasteiger partial charge in [-0.3, -0.25) is 14.5 Å². The predicted octanol–water partition coefficient (Wildman–Crippen LogP) is 1.12. The van der Waals surface area contributed by atoms with E-state index in [-0.39, 0.29) is 11.8 Å². The molecule has 0 unspecified atom stereocenters. The highest BCUT2D eigenvalue weighted by atomic mass is 16.7. The van der Waals surface area contributed by atoms with Gasteiger partial charge in [0.05, 0.1) is 12.8 Å². The highest BCUT2D eigenvalue weighted by Crippen LogP contribution is 2.34. The van der Waals surface area contributed by atoms with E-state index in [4.69, 9.17) is 9.57 Å². The zero-order valence-electron chi connectivity index (χ0n) is 16.7. The monoisotopic (exact) mass is 400 g/mol. The first-order valence-corrected chi connectivity index (χ1v) is 9.58. The number of likely N-dealkylation sites (tertiary alicyclic amines) is 1. The van der Waals surface area contributed by atoms with Crippen molar-refractivity contribution in [1.29, 1.82) is 0 Å². The lowest BCUT2D eigenvalue weighted by Crippen LogP contribution is -2.58. The maximum absolute atomic E-state index is 13.2. The first-order chi connectivity index (χ1) is 13.8. The molecule has 154 valence electrons. The van der Waals surface area contributed by atoms with E-state index in [0.29, 0.717) is 43.8 Å². The summed E-state index contributed by atoms with van der Waals surface area (Å²) in [6.45, 7) is 2.45. The molecule has 3 aliphatic rings. The van der Waals surface area contributed by atoms with Crippen LogP contribution in [0.15, 0.2) is 29.4 Å². The Labute approximate surface area is 168 Å². The van der Waals surface area contributed by atoms with Gasteiger partial charge in [0.1, 0.15) is 11.3 Å².